The van der Waals surface area contributed by atoms with E-state index in [1.165, 1.54) is 5.75 Å². The van der Waals surface area contributed by atoms with Crippen LogP contribution >= 0.6 is 23.5 Å². The van der Waals surface area contributed by atoms with Crippen LogP contribution in [0.25, 0.3) is 0 Å². The van der Waals surface area contributed by atoms with E-state index in [1.54, 1.807) is 0 Å². The van der Waals surface area contributed by atoms with E-state index in [0.29, 0.717) is 17.4 Å². The van der Waals surface area contributed by atoms with Crippen molar-refractivity contribution in [3.8, 4) is 0 Å². The molecular formula is C9H12N2O2S2. The predicted molar refractivity (Wildman–Crippen MR) is 61.4 cm³/mol. The lowest BCUT2D eigenvalue weighted by Crippen LogP contribution is -2.19. The summed E-state index contributed by atoms with van der Waals surface area (Å²) in [6, 6.07) is 0. The molecule has 0 bridgehead atoms. The number of hydrogen-bond donors (Lipinski definition) is 0. The molecule has 0 N–H and O–H groups in total. The van der Waals surface area contributed by atoms with Crippen molar-refractivity contribution < 1.29 is 9.32 Å². The van der Waals surface area contributed by atoms with Gasteiger partial charge < -0.3 is 4.52 Å². The van der Waals surface area contributed by atoms with E-state index in [1.807, 2.05) is 23.5 Å². The smallest absolute Gasteiger partial charge is 0.290 e. The largest absolute Gasteiger partial charge is 0.331 e. The van der Waals surface area contributed by atoms with E-state index >= 15 is 0 Å². The first kappa shape index (κ1) is 11.0. The fraction of sp³-hybridized carbons (Fsp3) is 0.667. The van der Waals surface area contributed by atoms with E-state index in [2.05, 4.69) is 17.1 Å². The second-order valence-corrected chi connectivity index (χ2v) is 5.81. The predicted octanol–water partition coefficient (Wildman–Crippen LogP) is 2.18. The van der Waals surface area contributed by atoms with Gasteiger partial charge in [0.15, 0.2) is 5.82 Å². The Balaban J connectivity index is 2.16. The Morgan fingerprint density at radius 2 is 2.33 bits per heavy atom. The second-order valence-electron chi connectivity index (χ2n) is 3.22. The van der Waals surface area contributed by atoms with Crippen LogP contribution in [0.3, 0.4) is 0 Å². The van der Waals surface area contributed by atoms with E-state index in [9.17, 15) is 4.79 Å². The number of rotatable bonds is 3. The van der Waals surface area contributed by atoms with Crippen molar-refractivity contribution in [3.05, 3.63) is 11.7 Å². The van der Waals surface area contributed by atoms with Crippen LogP contribution in [0.1, 0.15) is 35.1 Å². The van der Waals surface area contributed by atoms with Crippen molar-refractivity contribution in [2.24, 2.45) is 0 Å². The van der Waals surface area contributed by atoms with Crippen LogP contribution in [0.5, 0.6) is 0 Å². The average molecular weight is 244 g/mol. The summed E-state index contributed by atoms with van der Waals surface area (Å²) in [4.78, 5) is 14.5. The van der Waals surface area contributed by atoms with Gasteiger partial charge >= 0.3 is 0 Å². The molecule has 1 fully saturated rings. The molecule has 15 heavy (non-hydrogen) atoms. The zero-order valence-corrected chi connectivity index (χ0v) is 10.0. The van der Waals surface area contributed by atoms with Crippen molar-refractivity contribution in [2.45, 2.75) is 23.8 Å². The molecule has 2 atom stereocenters. The van der Waals surface area contributed by atoms with Crippen LogP contribution < -0.4 is 0 Å². The quantitative estimate of drug-likeness (QED) is 0.760. The van der Waals surface area contributed by atoms with Gasteiger partial charge in [0.2, 0.25) is 6.29 Å². The Morgan fingerprint density at radius 3 is 3.00 bits per heavy atom. The average Bonchev–Trinajstić information content (AvgIpc) is 2.77. The van der Waals surface area contributed by atoms with E-state index in [0.717, 1.165) is 12.2 Å². The third kappa shape index (κ3) is 2.36. The molecular weight excluding hydrogens is 232 g/mol. The minimum Gasteiger partial charge on any atom is -0.331 e. The molecule has 6 heteroatoms. The van der Waals surface area contributed by atoms with Gasteiger partial charge in [0.1, 0.15) is 0 Å². The number of aldehydes is 1. The number of thioether (sulfide) groups is 2. The summed E-state index contributed by atoms with van der Waals surface area (Å²) in [6.45, 7) is 2.16. The summed E-state index contributed by atoms with van der Waals surface area (Å²) < 4.78 is 4.81. The molecule has 0 radical (unpaired) electrons. The summed E-state index contributed by atoms with van der Waals surface area (Å²) in [6.07, 6.45) is 1.69. The van der Waals surface area contributed by atoms with Crippen molar-refractivity contribution in [1.82, 2.24) is 10.1 Å². The molecule has 1 aromatic heterocycles. The number of carbonyl (C=O) groups is 1. The Labute approximate surface area is 96.6 Å². The maximum atomic E-state index is 10.4. The number of hydrogen-bond acceptors (Lipinski definition) is 6. The summed E-state index contributed by atoms with van der Waals surface area (Å²) in [5, 5.41) is 4.66. The maximum absolute atomic E-state index is 10.4. The third-order valence-electron chi connectivity index (χ3n) is 2.27. The van der Waals surface area contributed by atoms with Gasteiger partial charge in [-0.1, -0.05) is 12.1 Å². The lowest BCUT2D eigenvalue weighted by Gasteiger charge is -2.27. The summed E-state index contributed by atoms with van der Waals surface area (Å²) in [7, 11) is 0. The maximum Gasteiger partial charge on any atom is 0.290 e. The Morgan fingerprint density at radius 1 is 1.53 bits per heavy atom. The summed E-state index contributed by atoms with van der Waals surface area (Å²) in [5.41, 5.74) is 0. The normalized spacial score (nSPS) is 26.5. The van der Waals surface area contributed by atoms with Crippen LogP contribution in [0.15, 0.2) is 4.52 Å². The minimum atomic E-state index is 0.0797. The van der Waals surface area contributed by atoms with E-state index in [4.69, 9.17) is 4.52 Å². The van der Waals surface area contributed by atoms with Crippen molar-refractivity contribution >= 4 is 29.8 Å². The van der Waals surface area contributed by atoms with Crippen LogP contribution in [0.4, 0.5) is 0 Å². The van der Waals surface area contributed by atoms with Gasteiger partial charge in [-0.3, -0.25) is 4.79 Å². The SMILES string of the molecule is CCC1SCCSC1c1noc(C=O)n1. The highest BCUT2D eigenvalue weighted by Crippen LogP contribution is 2.42. The fourth-order valence-corrected chi connectivity index (χ4v) is 4.53. The molecule has 1 aliphatic rings. The first-order valence-electron chi connectivity index (χ1n) is 4.87. The molecule has 0 amide bonds. The van der Waals surface area contributed by atoms with Crippen molar-refractivity contribution in [1.29, 1.82) is 0 Å². The molecule has 1 aromatic rings. The van der Waals surface area contributed by atoms with E-state index in [-0.39, 0.29) is 11.1 Å². The Kier molecular flexibility index (Phi) is 3.69. The van der Waals surface area contributed by atoms with Gasteiger partial charge in [0.05, 0.1) is 5.25 Å². The second kappa shape index (κ2) is 5.03. The zero-order chi connectivity index (χ0) is 10.7. The molecule has 0 saturated carbocycles. The summed E-state index contributed by atoms with van der Waals surface area (Å²) >= 11 is 3.80. The molecule has 0 aliphatic carbocycles. The van der Waals surface area contributed by atoms with Crippen molar-refractivity contribution in [2.75, 3.05) is 11.5 Å². The van der Waals surface area contributed by atoms with Gasteiger partial charge in [-0.05, 0) is 6.42 Å². The van der Waals surface area contributed by atoms with E-state index < -0.39 is 0 Å². The number of aromatic nitrogens is 2. The molecule has 2 rings (SSSR count). The number of carbonyl (C=O) groups excluding carboxylic acids is 1. The first-order chi connectivity index (χ1) is 7.35. The lowest BCUT2D eigenvalue weighted by atomic mass is 10.2. The molecule has 1 saturated heterocycles. The molecule has 0 aromatic carbocycles. The molecule has 1 aliphatic heterocycles. The highest BCUT2D eigenvalue weighted by atomic mass is 32.2. The van der Waals surface area contributed by atoms with Gasteiger partial charge in [0, 0.05) is 16.8 Å². The van der Waals surface area contributed by atoms with Crippen LogP contribution in [-0.4, -0.2) is 33.2 Å². The first-order valence-corrected chi connectivity index (χ1v) is 6.97. The van der Waals surface area contributed by atoms with Crippen LogP contribution in [0, 0.1) is 0 Å². The zero-order valence-electron chi connectivity index (χ0n) is 8.38. The molecule has 2 unspecified atom stereocenters. The molecule has 0 spiro atoms. The fourth-order valence-electron chi connectivity index (χ4n) is 1.55. The van der Waals surface area contributed by atoms with Gasteiger partial charge in [-0.15, -0.1) is 11.8 Å². The monoisotopic (exact) mass is 244 g/mol. The van der Waals surface area contributed by atoms with Crippen molar-refractivity contribution in [3.63, 3.8) is 0 Å². The Hall–Kier alpha value is -0.490. The van der Waals surface area contributed by atoms with Gasteiger partial charge in [0.25, 0.3) is 5.89 Å². The number of nitrogens with zero attached hydrogens (tertiary/aromatic N) is 2. The highest BCUT2D eigenvalue weighted by Gasteiger charge is 2.30. The topological polar surface area (TPSA) is 56.0 Å². The molecule has 82 valence electrons. The lowest BCUT2D eigenvalue weighted by molar-refractivity contribution is 0.108. The summed E-state index contributed by atoms with van der Waals surface area (Å²) in [5.74, 6) is 3.03. The van der Waals surface area contributed by atoms with Crippen LogP contribution in [-0.2, 0) is 0 Å². The standard InChI is InChI=1S/C9H12N2O2S2/c1-2-6-8(15-4-3-14-6)9-10-7(5-12)13-11-9/h5-6,8H,2-4H2,1H3. The molecule has 4 nitrogen and oxygen atoms in total. The highest BCUT2D eigenvalue weighted by molar-refractivity contribution is 8.06. The van der Waals surface area contributed by atoms with Crippen LogP contribution in [0.2, 0.25) is 0 Å². The van der Waals surface area contributed by atoms with Gasteiger partial charge in [-0.25, -0.2) is 0 Å². The molecule has 2 heterocycles. The minimum absolute atomic E-state index is 0.0797. The van der Waals surface area contributed by atoms with Gasteiger partial charge in [-0.2, -0.15) is 16.7 Å². The third-order valence-corrected chi connectivity index (χ3v) is 5.51. The Bertz CT molecular complexity index is 343.